The molecular formula is C25H18F2N4O3S. The third-order valence-corrected chi connectivity index (χ3v) is 8.43. The van der Waals surface area contributed by atoms with E-state index in [1.807, 2.05) is 4.90 Å². The number of terminal acetylenes is 1. The molecule has 0 radical (unpaired) electrons. The fraction of sp³-hybridized carbons (Fsp3) is 0.240. The average molecular weight is 493 g/mol. The van der Waals surface area contributed by atoms with Gasteiger partial charge in [-0.25, -0.2) is 8.78 Å². The molecule has 0 atom stereocenters. The van der Waals surface area contributed by atoms with E-state index < -0.39 is 22.4 Å². The summed E-state index contributed by atoms with van der Waals surface area (Å²) in [5.74, 6) is 2.55. The summed E-state index contributed by atoms with van der Waals surface area (Å²) >= 11 is 0. The molecule has 176 valence electrons. The van der Waals surface area contributed by atoms with Crippen molar-refractivity contribution in [2.24, 2.45) is 5.41 Å². The molecule has 4 heterocycles. The van der Waals surface area contributed by atoms with E-state index in [1.165, 1.54) is 37.6 Å². The zero-order valence-corrected chi connectivity index (χ0v) is 19.3. The minimum Gasteiger partial charge on any atom is -0.508 e. The topological polar surface area (TPSA) is 88.4 Å². The van der Waals surface area contributed by atoms with E-state index in [2.05, 4.69) is 20.9 Å². The molecule has 0 unspecified atom stereocenters. The number of hydrogen-bond donors (Lipinski definition) is 1. The number of rotatable bonds is 3. The minimum atomic E-state index is -0.778. The van der Waals surface area contributed by atoms with E-state index >= 15 is 4.39 Å². The monoisotopic (exact) mass is 492 g/mol. The highest BCUT2D eigenvalue weighted by Crippen LogP contribution is 2.44. The van der Waals surface area contributed by atoms with E-state index in [4.69, 9.17) is 11.2 Å². The number of ether oxygens (including phenoxy) is 1. The molecule has 7 nitrogen and oxygen atoms in total. The van der Waals surface area contributed by atoms with Gasteiger partial charge in [-0.1, -0.05) is 12.0 Å². The third kappa shape index (κ3) is 3.22. The number of nitrogens with zero attached hydrogens (tertiary/aromatic N) is 4. The third-order valence-electron chi connectivity index (χ3n) is 6.56. The largest absolute Gasteiger partial charge is 0.508 e. The number of methoxy groups -OCH3 is 1. The first-order valence-electron chi connectivity index (χ1n) is 10.7. The number of halogens is 2. The van der Waals surface area contributed by atoms with Crippen LogP contribution in [0.2, 0.25) is 0 Å². The minimum absolute atomic E-state index is 0.0114. The molecule has 10 heteroatoms. The summed E-state index contributed by atoms with van der Waals surface area (Å²) in [7, 11) is 0.613. The van der Waals surface area contributed by atoms with Gasteiger partial charge in [-0.3, -0.25) is 9.19 Å². The van der Waals surface area contributed by atoms with Crippen LogP contribution in [0.15, 0.2) is 30.5 Å². The summed E-state index contributed by atoms with van der Waals surface area (Å²) in [6, 6.07) is 5.37. The number of aromatic nitrogens is 3. The van der Waals surface area contributed by atoms with Crippen LogP contribution in [0.3, 0.4) is 0 Å². The summed E-state index contributed by atoms with van der Waals surface area (Å²) in [5, 5.41) is 11.4. The predicted octanol–water partition coefficient (Wildman–Crippen LogP) is 3.39. The maximum atomic E-state index is 16.0. The van der Waals surface area contributed by atoms with Gasteiger partial charge in [0.15, 0.2) is 5.82 Å². The zero-order chi connectivity index (χ0) is 24.5. The van der Waals surface area contributed by atoms with Gasteiger partial charge in [0.25, 0.3) is 0 Å². The summed E-state index contributed by atoms with van der Waals surface area (Å²) in [6.45, 7) is 1.30. The van der Waals surface area contributed by atoms with Gasteiger partial charge in [0.1, 0.15) is 28.6 Å². The Morgan fingerprint density at radius 1 is 1.23 bits per heavy atom. The first-order chi connectivity index (χ1) is 16.8. The molecule has 2 aliphatic heterocycles. The number of pyridine rings is 1. The molecule has 1 N–H and O–H groups in total. The standard InChI is InChI=1S/C25H18F2N4O3S/c1-3-15-18(26)5-4-13-6-14(32)7-16(19(13)15)21-20(27)22-17(8-28-21)23(30-24(29-22)34-2)31-9-25(10-31)11-35(33)12-25/h1,4-8,32H,9-12H2,2H3. The summed E-state index contributed by atoms with van der Waals surface area (Å²) in [5.41, 5.74) is -0.0570. The smallest absolute Gasteiger partial charge is 0.318 e. The van der Waals surface area contributed by atoms with Crippen molar-refractivity contribution in [3.8, 4) is 35.4 Å². The Labute approximate surface area is 201 Å². The lowest BCUT2D eigenvalue weighted by Gasteiger charge is -2.55. The number of hydrogen-bond acceptors (Lipinski definition) is 7. The van der Waals surface area contributed by atoms with Crippen LogP contribution in [0.25, 0.3) is 32.9 Å². The second kappa shape index (κ2) is 7.58. The van der Waals surface area contributed by atoms with E-state index in [9.17, 15) is 13.7 Å². The van der Waals surface area contributed by atoms with E-state index in [-0.39, 0.29) is 44.9 Å². The van der Waals surface area contributed by atoms with Crippen LogP contribution in [-0.4, -0.2) is 56.0 Å². The first-order valence-corrected chi connectivity index (χ1v) is 12.2. The van der Waals surface area contributed by atoms with Gasteiger partial charge in [-0.05, 0) is 23.6 Å². The highest BCUT2D eigenvalue weighted by atomic mass is 32.2. The van der Waals surface area contributed by atoms with Crippen LogP contribution in [-0.2, 0) is 10.8 Å². The van der Waals surface area contributed by atoms with Crippen molar-refractivity contribution in [1.29, 1.82) is 0 Å². The van der Waals surface area contributed by atoms with Crippen LogP contribution in [0, 0.1) is 29.4 Å². The molecule has 2 aromatic carbocycles. The van der Waals surface area contributed by atoms with Crippen molar-refractivity contribution in [2.45, 2.75) is 0 Å². The molecule has 2 aromatic heterocycles. The van der Waals surface area contributed by atoms with Gasteiger partial charge < -0.3 is 14.7 Å². The highest BCUT2D eigenvalue weighted by Gasteiger charge is 2.52. The Morgan fingerprint density at radius 2 is 2.00 bits per heavy atom. The number of benzene rings is 2. The van der Waals surface area contributed by atoms with E-state index in [0.717, 1.165) is 0 Å². The quantitative estimate of drug-likeness (QED) is 0.439. The number of phenolic OH excluding ortho intramolecular Hbond substituents is 1. The summed E-state index contributed by atoms with van der Waals surface area (Å²) < 4.78 is 47.3. The van der Waals surface area contributed by atoms with Gasteiger partial charge in [-0.2, -0.15) is 9.97 Å². The molecule has 4 aromatic rings. The molecule has 6 rings (SSSR count). The molecule has 1 spiro atoms. The summed E-state index contributed by atoms with van der Waals surface area (Å²) in [6.07, 6.45) is 7.02. The van der Waals surface area contributed by atoms with Crippen molar-refractivity contribution in [3.05, 3.63) is 47.7 Å². The zero-order valence-electron chi connectivity index (χ0n) is 18.5. The molecule has 2 fully saturated rings. The lowest BCUT2D eigenvalue weighted by atomic mass is 9.83. The molecule has 2 saturated heterocycles. The Morgan fingerprint density at radius 3 is 2.69 bits per heavy atom. The van der Waals surface area contributed by atoms with Crippen LogP contribution in [0.1, 0.15) is 5.56 Å². The van der Waals surface area contributed by atoms with Crippen LogP contribution in [0.5, 0.6) is 11.8 Å². The normalized spacial score (nSPS) is 16.8. The molecule has 0 amide bonds. The van der Waals surface area contributed by atoms with Gasteiger partial charge >= 0.3 is 6.01 Å². The number of aromatic hydroxyl groups is 1. The van der Waals surface area contributed by atoms with Crippen molar-refractivity contribution in [2.75, 3.05) is 36.6 Å². The molecule has 0 saturated carbocycles. The van der Waals surface area contributed by atoms with E-state index in [0.29, 0.717) is 41.2 Å². The van der Waals surface area contributed by atoms with Crippen molar-refractivity contribution in [1.82, 2.24) is 15.0 Å². The van der Waals surface area contributed by atoms with Gasteiger partial charge in [0.05, 0.1) is 18.1 Å². The van der Waals surface area contributed by atoms with Crippen LogP contribution >= 0.6 is 0 Å². The van der Waals surface area contributed by atoms with Gasteiger partial charge in [0, 0.05) is 58.0 Å². The lowest BCUT2D eigenvalue weighted by Crippen LogP contribution is -2.67. The Hall–Kier alpha value is -3.84. The first kappa shape index (κ1) is 21.7. The lowest BCUT2D eigenvalue weighted by molar-refractivity contribution is 0.262. The highest BCUT2D eigenvalue weighted by molar-refractivity contribution is 7.86. The predicted molar refractivity (Wildman–Crippen MR) is 129 cm³/mol. The van der Waals surface area contributed by atoms with Gasteiger partial charge in [-0.15, -0.1) is 6.42 Å². The molecular weight excluding hydrogens is 474 g/mol. The maximum Gasteiger partial charge on any atom is 0.318 e. The second-order valence-corrected chi connectivity index (χ2v) is 10.4. The average Bonchev–Trinajstić information content (AvgIpc) is 2.80. The molecule has 2 aliphatic rings. The van der Waals surface area contributed by atoms with Crippen molar-refractivity contribution in [3.63, 3.8) is 0 Å². The fourth-order valence-corrected chi connectivity index (χ4v) is 6.68. The Bertz CT molecular complexity index is 1620. The Kier molecular flexibility index (Phi) is 4.70. The summed E-state index contributed by atoms with van der Waals surface area (Å²) in [4.78, 5) is 15.0. The van der Waals surface area contributed by atoms with Crippen molar-refractivity contribution < 1.29 is 22.8 Å². The maximum absolute atomic E-state index is 16.0. The number of phenols is 1. The number of fused-ring (bicyclic) bond motifs is 2. The van der Waals surface area contributed by atoms with Gasteiger partial charge in [0.2, 0.25) is 0 Å². The van der Waals surface area contributed by atoms with Crippen LogP contribution in [0.4, 0.5) is 14.6 Å². The molecule has 0 bridgehead atoms. The number of anilines is 1. The second-order valence-electron chi connectivity index (χ2n) is 8.96. The SMILES string of the molecule is C#Cc1c(F)ccc2cc(O)cc(-c3ncc4c(N5CC6(C5)CS(=O)C6)nc(OC)nc4c3F)c12. The molecule has 35 heavy (non-hydrogen) atoms. The molecule has 0 aliphatic carbocycles. The van der Waals surface area contributed by atoms with Crippen LogP contribution < -0.4 is 9.64 Å². The van der Waals surface area contributed by atoms with E-state index in [1.54, 1.807) is 0 Å². The Balaban J connectivity index is 1.55. The fourth-order valence-electron chi connectivity index (χ4n) is 5.03. The van der Waals surface area contributed by atoms with Crippen molar-refractivity contribution >= 4 is 38.3 Å².